The molecular weight excluding hydrogens is 406 g/mol. The fourth-order valence-electron chi connectivity index (χ4n) is 7.43. The Balaban J connectivity index is 1.39. The Labute approximate surface area is 204 Å². The van der Waals surface area contributed by atoms with Gasteiger partial charge in [0.2, 0.25) is 0 Å². The molecule has 2 atom stereocenters. The first-order valence-corrected chi connectivity index (χ1v) is 13.6. The Morgan fingerprint density at radius 2 is 1.36 bits per heavy atom. The molecule has 0 heterocycles. The van der Waals surface area contributed by atoms with Gasteiger partial charge >= 0.3 is 0 Å². The first kappa shape index (κ1) is 26.2. The average Bonchev–Trinajstić information content (AvgIpc) is 2.73. The number of nitrogens with two attached hydrogens (primary N) is 1. The van der Waals surface area contributed by atoms with E-state index in [2.05, 4.69) is 62.2 Å². The Bertz CT molecular complexity index is 643. The number of rotatable bonds is 10. The average molecular weight is 460 g/mol. The van der Waals surface area contributed by atoms with E-state index >= 15 is 0 Å². The second-order valence-electron chi connectivity index (χ2n) is 12.9. The Hall–Kier alpha value is -1.36. The molecule has 0 amide bonds. The Morgan fingerprint density at radius 3 is 1.91 bits per heavy atom. The lowest BCUT2D eigenvalue weighted by molar-refractivity contribution is 0.0745. The molecule has 0 aliphatic heterocycles. The number of hydrogen-bond acceptors (Lipinski definition) is 5. The van der Waals surface area contributed by atoms with Crippen LogP contribution >= 0.6 is 0 Å². The fraction of sp³-hybridized carbons (Fsp3) is 0.857. The van der Waals surface area contributed by atoms with Crippen LogP contribution in [0.2, 0.25) is 0 Å². The zero-order valence-electron chi connectivity index (χ0n) is 22.1. The molecule has 6 N–H and O–H groups in total. The lowest BCUT2D eigenvalue weighted by Gasteiger charge is -2.47. The molecule has 190 valence electrons. The van der Waals surface area contributed by atoms with E-state index in [1.807, 2.05) is 0 Å². The van der Waals surface area contributed by atoms with E-state index < -0.39 is 0 Å². The van der Waals surface area contributed by atoms with Crippen LogP contribution in [0.3, 0.4) is 0 Å². The van der Waals surface area contributed by atoms with Gasteiger partial charge in [-0.25, -0.2) is 0 Å². The van der Waals surface area contributed by atoms with Gasteiger partial charge in [0.1, 0.15) is 0 Å². The summed E-state index contributed by atoms with van der Waals surface area (Å²) in [6.07, 6.45) is 15.9. The summed E-state index contributed by atoms with van der Waals surface area (Å²) < 4.78 is 0. The quantitative estimate of drug-likeness (QED) is 0.319. The van der Waals surface area contributed by atoms with Crippen LogP contribution in [0, 0.1) is 22.7 Å². The molecule has 5 heteroatoms. The van der Waals surface area contributed by atoms with Crippen molar-refractivity contribution < 1.29 is 0 Å². The van der Waals surface area contributed by atoms with Crippen molar-refractivity contribution in [2.75, 3.05) is 13.6 Å². The van der Waals surface area contributed by atoms with Gasteiger partial charge < -0.3 is 27.0 Å². The molecule has 0 radical (unpaired) electrons. The van der Waals surface area contributed by atoms with Crippen LogP contribution in [0.1, 0.15) is 97.8 Å². The van der Waals surface area contributed by atoms with Crippen molar-refractivity contribution in [3.63, 3.8) is 0 Å². The van der Waals surface area contributed by atoms with Crippen LogP contribution in [0.5, 0.6) is 0 Å². The van der Waals surface area contributed by atoms with Crippen LogP contribution in [0.4, 0.5) is 0 Å². The van der Waals surface area contributed by atoms with Crippen molar-refractivity contribution in [2.45, 2.75) is 116 Å². The zero-order chi connectivity index (χ0) is 24.1. The van der Waals surface area contributed by atoms with Crippen LogP contribution in [-0.2, 0) is 0 Å². The van der Waals surface area contributed by atoms with Gasteiger partial charge in [-0.15, -0.1) is 0 Å². The van der Waals surface area contributed by atoms with Crippen LogP contribution in [-0.4, -0.2) is 31.7 Å². The van der Waals surface area contributed by atoms with E-state index in [0.29, 0.717) is 23.3 Å². The van der Waals surface area contributed by atoms with Crippen molar-refractivity contribution in [1.82, 2.24) is 21.3 Å². The minimum Gasteiger partial charge on any atom is -0.386 e. The van der Waals surface area contributed by atoms with Gasteiger partial charge in [-0.2, -0.15) is 0 Å². The maximum Gasteiger partial charge on any atom is 0.0916 e. The van der Waals surface area contributed by atoms with Crippen LogP contribution in [0.15, 0.2) is 24.8 Å². The van der Waals surface area contributed by atoms with Crippen molar-refractivity contribution in [3.05, 3.63) is 24.8 Å². The standard InChI is InChI=1S/C28H53N5/c1-20(29)31-19-28(5)17-26(16-27(3,4)18-28)33-21(2)32-25-13-9-23(10-14-25)15-22-7-11-24(30-6)12-8-22/h22-26,30-33H,1-2,7-19,29H2,3-6H3. The first-order chi connectivity index (χ1) is 15.6. The summed E-state index contributed by atoms with van der Waals surface area (Å²) in [7, 11) is 2.12. The molecule has 3 rings (SSSR count). The highest BCUT2D eigenvalue weighted by atomic mass is 15.1. The predicted molar refractivity (Wildman–Crippen MR) is 141 cm³/mol. The normalized spacial score (nSPS) is 36.5. The summed E-state index contributed by atoms with van der Waals surface area (Å²) in [5.74, 6) is 3.49. The van der Waals surface area contributed by atoms with E-state index in [4.69, 9.17) is 5.73 Å². The second kappa shape index (κ2) is 11.4. The summed E-state index contributed by atoms with van der Waals surface area (Å²) in [6, 6.07) is 1.78. The Kier molecular flexibility index (Phi) is 9.05. The second-order valence-corrected chi connectivity index (χ2v) is 12.9. The largest absolute Gasteiger partial charge is 0.386 e. The first-order valence-electron chi connectivity index (χ1n) is 13.6. The van der Waals surface area contributed by atoms with Gasteiger partial charge in [-0.3, -0.25) is 0 Å². The topological polar surface area (TPSA) is 74.1 Å². The SMILES string of the molecule is C=C(N)NCC1(C)CC(NC(=C)NC2CCC(CC3CCC(NC)CC3)CC2)CC(C)(C)C1. The molecule has 2 unspecified atom stereocenters. The molecule has 0 aromatic rings. The number of nitrogens with one attached hydrogen (secondary N) is 4. The molecular formula is C28H53N5. The van der Waals surface area contributed by atoms with Gasteiger partial charge in [0.15, 0.2) is 0 Å². The highest BCUT2D eigenvalue weighted by molar-refractivity contribution is 5.02. The smallest absolute Gasteiger partial charge is 0.0916 e. The Morgan fingerprint density at radius 1 is 0.818 bits per heavy atom. The third-order valence-electron chi connectivity index (χ3n) is 8.71. The highest BCUT2D eigenvalue weighted by Crippen LogP contribution is 2.46. The summed E-state index contributed by atoms with van der Waals surface area (Å²) in [6.45, 7) is 16.2. The summed E-state index contributed by atoms with van der Waals surface area (Å²) >= 11 is 0. The molecule has 3 fully saturated rings. The molecule has 0 spiro atoms. The molecule has 0 aromatic carbocycles. The highest BCUT2D eigenvalue weighted by Gasteiger charge is 2.41. The van der Waals surface area contributed by atoms with E-state index in [-0.39, 0.29) is 5.41 Å². The minimum absolute atomic E-state index is 0.201. The molecule has 5 nitrogen and oxygen atoms in total. The monoisotopic (exact) mass is 459 g/mol. The third kappa shape index (κ3) is 8.42. The van der Waals surface area contributed by atoms with Crippen molar-refractivity contribution >= 4 is 0 Å². The lowest BCUT2D eigenvalue weighted by atomic mass is 9.62. The van der Waals surface area contributed by atoms with Crippen LogP contribution in [0.25, 0.3) is 0 Å². The number of hydrogen-bond donors (Lipinski definition) is 5. The maximum atomic E-state index is 5.78. The molecule has 0 aromatic heterocycles. The maximum absolute atomic E-state index is 5.78. The summed E-state index contributed by atoms with van der Waals surface area (Å²) in [4.78, 5) is 0. The summed E-state index contributed by atoms with van der Waals surface area (Å²) in [5.41, 5.74) is 6.28. The van der Waals surface area contributed by atoms with Crippen molar-refractivity contribution in [1.29, 1.82) is 0 Å². The van der Waals surface area contributed by atoms with Gasteiger partial charge in [0.05, 0.1) is 11.6 Å². The third-order valence-corrected chi connectivity index (χ3v) is 8.71. The van der Waals surface area contributed by atoms with E-state index in [1.165, 1.54) is 70.6 Å². The van der Waals surface area contributed by atoms with Crippen LogP contribution < -0.4 is 27.0 Å². The molecule has 0 saturated heterocycles. The van der Waals surface area contributed by atoms with Crippen molar-refractivity contribution in [3.8, 4) is 0 Å². The molecule has 3 aliphatic carbocycles. The van der Waals surface area contributed by atoms with Gasteiger partial charge in [0.25, 0.3) is 0 Å². The molecule has 3 saturated carbocycles. The molecule has 33 heavy (non-hydrogen) atoms. The molecule has 3 aliphatic rings. The minimum atomic E-state index is 0.201. The van der Waals surface area contributed by atoms with E-state index in [1.54, 1.807) is 0 Å². The van der Waals surface area contributed by atoms with Gasteiger partial charge in [-0.05, 0) is 107 Å². The van der Waals surface area contributed by atoms with E-state index in [0.717, 1.165) is 36.7 Å². The van der Waals surface area contributed by atoms with Crippen molar-refractivity contribution in [2.24, 2.45) is 28.4 Å². The zero-order valence-corrected chi connectivity index (χ0v) is 22.1. The summed E-state index contributed by atoms with van der Waals surface area (Å²) in [5, 5.41) is 14.3. The molecule has 0 bridgehead atoms. The van der Waals surface area contributed by atoms with Gasteiger partial charge in [0, 0.05) is 24.7 Å². The lowest BCUT2D eigenvalue weighted by Crippen LogP contribution is -2.50. The van der Waals surface area contributed by atoms with Gasteiger partial charge in [-0.1, -0.05) is 33.9 Å². The fourth-order valence-corrected chi connectivity index (χ4v) is 7.43. The predicted octanol–water partition coefficient (Wildman–Crippen LogP) is 4.97. The van der Waals surface area contributed by atoms with E-state index in [9.17, 15) is 0 Å².